The van der Waals surface area contributed by atoms with E-state index in [-0.39, 0.29) is 11.9 Å². The Morgan fingerprint density at radius 2 is 2.00 bits per heavy atom. The van der Waals surface area contributed by atoms with Crippen molar-refractivity contribution in [3.63, 3.8) is 0 Å². The average molecular weight is 355 g/mol. The predicted molar refractivity (Wildman–Crippen MR) is 103 cm³/mol. The van der Waals surface area contributed by atoms with Crippen molar-refractivity contribution in [3.05, 3.63) is 36.2 Å². The summed E-state index contributed by atoms with van der Waals surface area (Å²) in [4.78, 5) is 22.3. The summed E-state index contributed by atoms with van der Waals surface area (Å²) in [7, 11) is 0. The minimum Gasteiger partial charge on any atom is -0.459 e. The van der Waals surface area contributed by atoms with Gasteiger partial charge in [0.2, 0.25) is 0 Å². The van der Waals surface area contributed by atoms with Gasteiger partial charge in [-0.25, -0.2) is 4.98 Å². The zero-order valence-corrected chi connectivity index (χ0v) is 16.4. The van der Waals surface area contributed by atoms with Crippen LogP contribution in [0.5, 0.6) is 0 Å². The zero-order chi connectivity index (χ0) is 18.9. The highest BCUT2D eigenvalue weighted by molar-refractivity contribution is 5.82. The molecule has 0 unspecified atom stereocenters. The van der Waals surface area contributed by atoms with Gasteiger partial charge in [-0.3, -0.25) is 9.78 Å². The van der Waals surface area contributed by atoms with Gasteiger partial charge in [-0.15, -0.1) is 0 Å². The van der Waals surface area contributed by atoms with Gasteiger partial charge in [-0.2, -0.15) is 0 Å². The summed E-state index contributed by atoms with van der Waals surface area (Å²) in [5, 5.41) is 3.48. The minimum absolute atomic E-state index is 0.151. The molecule has 1 aliphatic heterocycles. The molecule has 3 rings (SSSR count). The molecule has 140 valence electrons. The van der Waals surface area contributed by atoms with Gasteiger partial charge in [0.25, 0.3) is 0 Å². The first-order chi connectivity index (χ1) is 12.2. The van der Waals surface area contributed by atoms with Crippen molar-refractivity contribution in [2.45, 2.75) is 64.5 Å². The highest BCUT2D eigenvalue weighted by Gasteiger charge is 2.48. The van der Waals surface area contributed by atoms with Gasteiger partial charge in [0.05, 0.1) is 16.7 Å². The Morgan fingerprint density at radius 1 is 1.31 bits per heavy atom. The molecule has 1 aliphatic rings. The largest absolute Gasteiger partial charge is 0.459 e. The summed E-state index contributed by atoms with van der Waals surface area (Å²) >= 11 is 0. The fourth-order valence-corrected chi connectivity index (χ4v) is 3.73. The molecule has 0 aliphatic carbocycles. The maximum atomic E-state index is 13.0. The fourth-order valence-electron chi connectivity index (χ4n) is 3.73. The third-order valence-electron chi connectivity index (χ3n) is 4.71. The van der Waals surface area contributed by atoms with E-state index in [0.29, 0.717) is 18.9 Å². The lowest BCUT2D eigenvalue weighted by Gasteiger charge is -2.32. The number of hydrogen-bond donors (Lipinski definition) is 1. The number of carbonyl (C=O) groups excluding carboxylic acids is 1. The van der Waals surface area contributed by atoms with E-state index in [1.165, 1.54) is 0 Å². The van der Waals surface area contributed by atoms with E-state index < -0.39 is 11.1 Å². The van der Waals surface area contributed by atoms with E-state index in [1.807, 2.05) is 51.2 Å². The van der Waals surface area contributed by atoms with Crippen molar-refractivity contribution in [1.29, 1.82) is 0 Å². The molecule has 1 aromatic carbocycles. The number of benzene rings is 1. The number of fused-ring (bicyclic) bond motifs is 1. The number of hydrogen-bond acceptors (Lipinski definition) is 5. The second-order valence-electron chi connectivity index (χ2n) is 8.75. The molecule has 0 spiro atoms. The van der Waals surface area contributed by atoms with Crippen LogP contribution in [0.4, 0.5) is 0 Å². The monoisotopic (exact) mass is 355 g/mol. The topological polar surface area (TPSA) is 64.1 Å². The van der Waals surface area contributed by atoms with Crippen molar-refractivity contribution >= 4 is 17.0 Å². The second-order valence-corrected chi connectivity index (χ2v) is 8.75. The van der Waals surface area contributed by atoms with Crippen LogP contribution in [0.3, 0.4) is 0 Å². The number of nitrogens with one attached hydrogen (secondary N) is 1. The summed E-state index contributed by atoms with van der Waals surface area (Å²) in [6, 6.07) is 7.87. The Balaban J connectivity index is 1.86. The van der Waals surface area contributed by atoms with Crippen LogP contribution in [0, 0.1) is 5.92 Å². The number of para-hydroxylation sites is 2. The molecule has 2 atom stereocenters. The van der Waals surface area contributed by atoms with Gasteiger partial charge >= 0.3 is 5.97 Å². The van der Waals surface area contributed by atoms with Gasteiger partial charge in [-0.1, -0.05) is 26.0 Å². The van der Waals surface area contributed by atoms with Crippen LogP contribution >= 0.6 is 0 Å². The molecule has 0 bridgehead atoms. The first-order valence-electron chi connectivity index (χ1n) is 9.39. The van der Waals surface area contributed by atoms with Gasteiger partial charge in [0.15, 0.2) is 0 Å². The summed E-state index contributed by atoms with van der Waals surface area (Å²) in [5.74, 6) is 0.379. The molecular weight excluding hydrogens is 326 g/mol. The Kier molecular flexibility index (Phi) is 5.02. The van der Waals surface area contributed by atoms with Crippen molar-refractivity contribution in [1.82, 2.24) is 15.3 Å². The summed E-state index contributed by atoms with van der Waals surface area (Å²) in [6.07, 6.45) is 3.28. The van der Waals surface area contributed by atoms with Crippen LogP contribution in [0.2, 0.25) is 0 Å². The Hall–Kier alpha value is -2.01. The normalized spacial score (nSPS) is 23.5. The van der Waals surface area contributed by atoms with Crippen molar-refractivity contribution < 1.29 is 9.53 Å². The van der Waals surface area contributed by atoms with E-state index in [1.54, 1.807) is 0 Å². The van der Waals surface area contributed by atoms with Crippen LogP contribution < -0.4 is 5.32 Å². The third kappa shape index (κ3) is 4.04. The summed E-state index contributed by atoms with van der Waals surface area (Å²) in [5.41, 5.74) is 1.57. The number of aromatic nitrogens is 2. The van der Waals surface area contributed by atoms with Gasteiger partial charge < -0.3 is 10.1 Å². The lowest BCUT2D eigenvalue weighted by molar-refractivity contribution is -0.163. The predicted octanol–water partition coefficient (Wildman–Crippen LogP) is 3.83. The Bertz CT molecular complexity index is 797. The van der Waals surface area contributed by atoms with Crippen molar-refractivity contribution in [3.8, 4) is 0 Å². The van der Waals surface area contributed by atoms with E-state index in [9.17, 15) is 4.79 Å². The molecule has 1 fully saturated rings. The van der Waals surface area contributed by atoms with Crippen molar-refractivity contribution in [2.75, 3.05) is 6.54 Å². The summed E-state index contributed by atoms with van der Waals surface area (Å²) in [6.45, 7) is 10.7. The number of nitrogens with zero attached hydrogens (tertiary/aromatic N) is 2. The average Bonchev–Trinajstić information content (AvgIpc) is 2.97. The Labute approximate surface area is 155 Å². The summed E-state index contributed by atoms with van der Waals surface area (Å²) < 4.78 is 5.74. The maximum absolute atomic E-state index is 13.0. The van der Waals surface area contributed by atoms with Gasteiger partial charge in [0, 0.05) is 18.7 Å². The highest BCUT2D eigenvalue weighted by atomic mass is 16.6. The maximum Gasteiger partial charge on any atom is 0.326 e. The zero-order valence-electron chi connectivity index (χ0n) is 16.4. The fraction of sp³-hybridized carbons (Fsp3) is 0.571. The molecule has 2 heterocycles. The molecule has 2 aromatic rings. The second kappa shape index (κ2) is 6.95. The lowest BCUT2D eigenvalue weighted by atomic mass is 9.84. The standard InChI is InChI=1S/C21H29N3O2/c1-14(2)10-21(19(25)26-20(3,4)5)11-15(12-23-21)18-13-22-16-8-6-7-9-17(16)24-18/h6-9,13-15,23H,10-12H2,1-5H3/t15-,21-/m0/s1. The van der Waals surface area contributed by atoms with E-state index in [4.69, 9.17) is 9.72 Å². The van der Waals surface area contributed by atoms with E-state index in [2.05, 4.69) is 24.1 Å². The molecule has 1 saturated heterocycles. The number of ether oxygens (including phenoxy) is 1. The third-order valence-corrected chi connectivity index (χ3v) is 4.71. The smallest absolute Gasteiger partial charge is 0.326 e. The first kappa shape index (κ1) is 18.8. The SMILES string of the molecule is CC(C)C[C@@]1(C(=O)OC(C)(C)C)C[C@H](c2cnc3ccccc3n2)CN1. The molecule has 0 radical (unpaired) electrons. The van der Waals surface area contributed by atoms with Crippen molar-refractivity contribution in [2.24, 2.45) is 5.92 Å². The molecule has 1 aromatic heterocycles. The number of carbonyl (C=O) groups is 1. The van der Waals surface area contributed by atoms with Crippen LogP contribution in [-0.2, 0) is 9.53 Å². The molecule has 0 amide bonds. The molecule has 1 N–H and O–H groups in total. The van der Waals surface area contributed by atoms with E-state index in [0.717, 1.165) is 23.1 Å². The van der Waals surface area contributed by atoms with Gasteiger partial charge in [-0.05, 0) is 51.7 Å². The molecular formula is C21H29N3O2. The first-order valence-corrected chi connectivity index (χ1v) is 9.39. The van der Waals surface area contributed by atoms with Crippen LogP contribution in [-0.4, -0.2) is 33.6 Å². The minimum atomic E-state index is -0.653. The van der Waals surface area contributed by atoms with Crippen LogP contribution in [0.15, 0.2) is 30.5 Å². The molecule has 26 heavy (non-hydrogen) atoms. The molecule has 5 heteroatoms. The molecule has 5 nitrogen and oxygen atoms in total. The lowest BCUT2D eigenvalue weighted by Crippen LogP contribution is -2.51. The quantitative estimate of drug-likeness (QED) is 0.845. The number of esters is 1. The van der Waals surface area contributed by atoms with Crippen LogP contribution in [0.1, 0.15) is 59.1 Å². The Morgan fingerprint density at radius 3 is 2.65 bits per heavy atom. The van der Waals surface area contributed by atoms with Crippen LogP contribution in [0.25, 0.3) is 11.0 Å². The molecule has 0 saturated carbocycles. The number of rotatable bonds is 4. The van der Waals surface area contributed by atoms with Gasteiger partial charge in [0.1, 0.15) is 11.1 Å². The highest BCUT2D eigenvalue weighted by Crippen LogP contribution is 2.37. The van der Waals surface area contributed by atoms with E-state index >= 15 is 0 Å².